The van der Waals surface area contributed by atoms with E-state index in [4.69, 9.17) is 9.47 Å². The SMILES string of the molecule is COC(=O)[C@@H](C)C[C@H](NC(=O)OC(C)(C)C)C(=O)NC(C)(C)Cc1ccc(F)cc1. The molecule has 0 aliphatic rings. The zero-order chi connectivity index (χ0) is 23.1. The number of halogens is 1. The Morgan fingerprint density at radius 1 is 1.07 bits per heavy atom. The van der Waals surface area contributed by atoms with Gasteiger partial charge >= 0.3 is 12.1 Å². The van der Waals surface area contributed by atoms with Crippen LogP contribution in [0.1, 0.15) is 53.5 Å². The minimum absolute atomic E-state index is 0.0460. The van der Waals surface area contributed by atoms with Gasteiger partial charge in [0.2, 0.25) is 5.91 Å². The van der Waals surface area contributed by atoms with E-state index in [0.717, 1.165) is 5.56 Å². The van der Waals surface area contributed by atoms with E-state index in [9.17, 15) is 18.8 Å². The average Bonchev–Trinajstić information content (AvgIpc) is 2.60. The van der Waals surface area contributed by atoms with Crippen LogP contribution < -0.4 is 10.6 Å². The number of amides is 2. The Balaban J connectivity index is 2.91. The van der Waals surface area contributed by atoms with Crippen molar-refractivity contribution < 1.29 is 28.2 Å². The predicted molar refractivity (Wildman–Crippen MR) is 111 cm³/mol. The van der Waals surface area contributed by atoms with Gasteiger partial charge in [0.1, 0.15) is 17.5 Å². The number of esters is 1. The molecule has 2 amide bonds. The van der Waals surface area contributed by atoms with Crippen molar-refractivity contribution in [3.63, 3.8) is 0 Å². The third-order valence-electron chi connectivity index (χ3n) is 4.22. The normalized spacial score (nSPS) is 13.7. The van der Waals surface area contributed by atoms with E-state index in [-0.39, 0.29) is 12.2 Å². The third kappa shape index (κ3) is 9.24. The number of nitrogens with one attached hydrogen (secondary N) is 2. The van der Waals surface area contributed by atoms with Crippen LogP contribution in [0.4, 0.5) is 9.18 Å². The number of carbonyl (C=O) groups excluding carboxylic acids is 3. The van der Waals surface area contributed by atoms with E-state index in [1.807, 2.05) is 13.8 Å². The predicted octanol–water partition coefficient (Wildman–Crippen LogP) is 3.36. The minimum Gasteiger partial charge on any atom is -0.469 e. The van der Waals surface area contributed by atoms with Gasteiger partial charge in [-0.3, -0.25) is 9.59 Å². The molecular formula is C22H33FN2O5. The van der Waals surface area contributed by atoms with Gasteiger partial charge < -0.3 is 20.1 Å². The molecule has 1 rings (SSSR count). The maximum absolute atomic E-state index is 13.1. The zero-order valence-electron chi connectivity index (χ0n) is 18.8. The molecule has 0 saturated carbocycles. The highest BCUT2D eigenvalue weighted by molar-refractivity contribution is 5.87. The number of ether oxygens (including phenoxy) is 2. The third-order valence-corrected chi connectivity index (χ3v) is 4.22. The van der Waals surface area contributed by atoms with Gasteiger partial charge in [-0.15, -0.1) is 0 Å². The fourth-order valence-corrected chi connectivity index (χ4v) is 2.91. The first-order valence-electron chi connectivity index (χ1n) is 9.86. The Bertz CT molecular complexity index is 741. The molecule has 2 N–H and O–H groups in total. The van der Waals surface area contributed by atoms with Crippen molar-refractivity contribution in [2.75, 3.05) is 7.11 Å². The van der Waals surface area contributed by atoms with Crippen LogP contribution >= 0.6 is 0 Å². The van der Waals surface area contributed by atoms with Gasteiger partial charge in [0, 0.05) is 5.54 Å². The molecule has 8 heteroatoms. The van der Waals surface area contributed by atoms with E-state index in [0.29, 0.717) is 6.42 Å². The molecule has 0 aliphatic carbocycles. The van der Waals surface area contributed by atoms with Gasteiger partial charge in [-0.2, -0.15) is 0 Å². The van der Waals surface area contributed by atoms with Gasteiger partial charge in [0.05, 0.1) is 13.0 Å². The lowest BCUT2D eigenvalue weighted by atomic mass is 9.93. The summed E-state index contributed by atoms with van der Waals surface area (Å²) in [5.74, 6) is -1.88. The molecule has 0 aliphatic heterocycles. The second-order valence-electron chi connectivity index (χ2n) is 9.04. The summed E-state index contributed by atoms with van der Waals surface area (Å²) >= 11 is 0. The van der Waals surface area contributed by atoms with Crippen LogP contribution in [0.2, 0.25) is 0 Å². The summed E-state index contributed by atoms with van der Waals surface area (Å²) in [6.45, 7) is 10.4. The number of rotatable bonds is 8. The van der Waals surface area contributed by atoms with Crippen LogP contribution in [0.3, 0.4) is 0 Å². The molecule has 30 heavy (non-hydrogen) atoms. The second-order valence-corrected chi connectivity index (χ2v) is 9.04. The van der Waals surface area contributed by atoms with Crippen molar-refractivity contribution in [3.05, 3.63) is 35.6 Å². The molecule has 0 spiro atoms. The van der Waals surface area contributed by atoms with Gasteiger partial charge in [-0.1, -0.05) is 19.1 Å². The number of hydrogen-bond acceptors (Lipinski definition) is 5. The smallest absolute Gasteiger partial charge is 0.408 e. The van der Waals surface area contributed by atoms with E-state index in [1.54, 1.807) is 39.8 Å². The van der Waals surface area contributed by atoms with Crippen molar-refractivity contribution in [2.24, 2.45) is 5.92 Å². The Morgan fingerprint density at radius 2 is 1.63 bits per heavy atom. The molecule has 0 fully saturated rings. The van der Waals surface area contributed by atoms with Crippen LogP contribution in [0.5, 0.6) is 0 Å². The summed E-state index contributed by atoms with van der Waals surface area (Å²) in [4.78, 5) is 37.0. The van der Waals surface area contributed by atoms with Crippen molar-refractivity contribution >= 4 is 18.0 Å². The van der Waals surface area contributed by atoms with Gasteiger partial charge in [-0.25, -0.2) is 9.18 Å². The van der Waals surface area contributed by atoms with Crippen LogP contribution in [-0.4, -0.2) is 42.3 Å². The molecule has 1 aromatic carbocycles. The molecule has 1 aromatic rings. The van der Waals surface area contributed by atoms with Crippen molar-refractivity contribution in [2.45, 2.75) is 71.6 Å². The molecule has 0 radical (unpaired) electrons. The monoisotopic (exact) mass is 424 g/mol. The molecule has 0 unspecified atom stereocenters. The molecule has 0 heterocycles. The summed E-state index contributed by atoms with van der Waals surface area (Å²) in [5, 5.41) is 5.44. The Kier molecular flexibility index (Phi) is 8.81. The van der Waals surface area contributed by atoms with Crippen LogP contribution in [0.15, 0.2) is 24.3 Å². The first-order chi connectivity index (χ1) is 13.7. The summed E-state index contributed by atoms with van der Waals surface area (Å²) in [6.07, 6.45) is -0.259. The fourth-order valence-electron chi connectivity index (χ4n) is 2.91. The maximum Gasteiger partial charge on any atom is 0.408 e. The number of methoxy groups -OCH3 is 1. The molecule has 7 nitrogen and oxygen atoms in total. The quantitative estimate of drug-likeness (QED) is 0.624. The minimum atomic E-state index is -0.999. The Hall–Kier alpha value is -2.64. The van der Waals surface area contributed by atoms with Gasteiger partial charge in [0.25, 0.3) is 0 Å². The lowest BCUT2D eigenvalue weighted by molar-refractivity contribution is -0.145. The summed E-state index contributed by atoms with van der Waals surface area (Å²) < 4.78 is 23.1. The Labute approximate surface area is 177 Å². The van der Waals surface area contributed by atoms with Gasteiger partial charge in [-0.05, 0) is 65.2 Å². The Morgan fingerprint density at radius 3 is 2.13 bits per heavy atom. The first kappa shape index (κ1) is 25.4. The van der Waals surface area contributed by atoms with Crippen LogP contribution in [-0.2, 0) is 25.5 Å². The molecular weight excluding hydrogens is 391 g/mol. The average molecular weight is 425 g/mol. The van der Waals surface area contributed by atoms with E-state index >= 15 is 0 Å². The molecule has 0 bridgehead atoms. The van der Waals surface area contributed by atoms with E-state index < -0.39 is 41.1 Å². The van der Waals surface area contributed by atoms with Crippen molar-refractivity contribution in [1.29, 1.82) is 0 Å². The van der Waals surface area contributed by atoms with Crippen LogP contribution in [0, 0.1) is 11.7 Å². The zero-order valence-corrected chi connectivity index (χ0v) is 18.8. The summed E-state index contributed by atoms with van der Waals surface area (Å²) in [5.41, 5.74) is -0.570. The highest BCUT2D eigenvalue weighted by Crippen LogP contribution is 2.16. The summed E-state index contributed by atoms with van der Waals surface area (Å²) in [6, 6.07) is 5.02. The highest BCUT2D eigenvalue weighted by Gasteiger charge is 2.31. The maximum atomic E-state index is 13.1. The van der Waals surface area contributed by atoms with Gasteiger partial charge in [0.15, 0.2) is 0 Å². The molecule has 2 atom stereocenters. The summed E-state index contributed by atoms with van der Waals surface area (Å²) in [7, 11) is 1.26. The molecule has 168 valence electrons. The molecule has 0 saturated heterocycles. The standard InChI is InChI=1S/C22H33FN2O5/c1-14(19(27)29-7)12-17(24-20(28)30-21(2,3)4)18(26)25-22(5,6)13-15-8-10-16(23)11-9-15/h8-11,14,17H,12-13H2,1-7H3,(H,24,28)(H,25,26)/t14-,17-/m0/s1. The lowest BCUT2D eigenvalue weighted by Gasteiger charge is -2.30. The number of hydrogen-bond donors (Lipinski definition) is 2. The van der Waals surface area contributed by atoms with E-state index in [1.165, 1.54) is 19.2 Å². The van der Waals surface area contributed by atoms with E-state index in [2.05, 4.69) is 10.6 Å². The second kappa shape index (κ2) is 10.4. The largest absolute Gasteiger partial charge is 0.469 e. The number of benzene rings is 1. The highest BCUT2D eigenvalue weighted by atomic mass is 19.1. The topological polar surface area (TPSA) is 93.7 Å². The first-order valence-corrected chi connectivity index (χ1v) is 9.86. The lowest BCUT2D eigenvalue weighted by Crippen LogP contribution is -2.55. The van der Waals surface area contributed by atoms with Crippen LogP contribution in [0.25, 0.3) is 0 Å². The van der Waals surface area contributed by atoms with Crippen molar-refractivity contribution in [1.82, 2.24) is 10.6 Å². The number of carbonyl (C=O) groups is 3. The fraction of sp³-hybridized carbons (Fsp3) is 0.591. The molecule has 0 aromatic heterocycles. The number of alkyl carbamates (subject to hydrolysis) is 1. The van der Waals surface area contributed by atoms with Crippen molar-refractivity contribution in [3.8, 4) is 0 Å².